The lowest BCUT2D eigenvalue weighted by molar-refractivity contribution is -0.141. The number of esters is 1. The Balaban J connectivity index is 2.76. The molecule has 1 radical (unpaired) electrons. The molecule has 1 atom stereocenters. The van der Waals surface area contributed by atoms with Crippen LogP contribution in [0.2, 0.25) is 0 Å². The topological polar surface area (TPSA) is 69.9 Å². The standard InChI is InChI=1S/C6H9N4O2S/c1-4(13)6-7-8-9-10(6)3-5(11)12-2/h4,13H,1,3H2,2H3. The SMILES string of the molecule is [CH2]C(S)c1nnnn1CC(=O)OC. The van der Waals surface area contributed by atoms with E-state index in [1.54, 1.807) is 0 Å². The average molecular weight is 201 g/mol. The van der Waals surface area contributed by atoms with Crippen LogP contribution in [0.25, 0.3) is 0 Å². The van der Waals surface area contributed by atoms with Gasteiger partial charge in [-0.05, 0) is 17.4 Å². The molecule has 0 saturated heterocycles. The van der Waals surface area contributed by atoms with Gasteiger partial charge in [-0.15, -0.1) is 5.10 Å². The molecule has 0 saturated carbocycles. The van der Waals surface area contributed by atoms with Gasteiger partial charge in [-0.25, -0.2) is 4.68 Å². The molecule has 0 N–H and O–H groups in total. The molecule has 0 spiro atoms. The molecule has 0 fully saturated rings. The van der Waals surface area contributed by atoms with Crippen molar-refractivity contribution in [1.29, 1.82) is 0 Å². The van der Waals surface area contributed by atoms with Crippen molar-refractivity contribution in [3.05, 3.63) is 12.7 Å². The molecule has 13 heavy (non-hydrogen) atoms. The summed E-state index contributed by atoms with van der Waals surface area (Å²) in [4.78, 5) is 10.9. The van der Waals surface area contributed by atoms with Crippen molar-refractivity contribution in [1.82, 2.24) is 20.2 Å². The molecule has 6 nitrogen and oxygen atoms in total. The highest BCUT2D eigenvalue weighted by Gasteiger charge is 2.13. The first kappa shape index (κ1) is 9.97. The Morgan fingerprint density at radius 3 is 3.08 bits per heavy atom. The summed E-state index contributed by atoms with van der Waals surface area (Å²) in [6.45, 7) is 3.60. The Morgan fingerprint density at radius 2 is 2.54 bits per heavy atom. The minimum Gasteiger partial charge on any atom is -0.468 e. The number of rotatable bonds is 3. The number of ether oxygens (including phenoxy) is 1. The summed E-state index contributed by atoms with van der Waals surface area (Å²) in [5, 5.41) is 10.3. The van der Waals surface area contributed by atoms with Gasteiger partial charge in [0, 0.05) is 0 Å². The number of carbonyl (C=O) groups excluding carboxylic acids is 1. The lowest BCUT2D eigenvalue weighted by Crippen LogP contribution is -2.15. The summed E-state index contributed by atoms with van der Waals surface area (Å²) in [5.41, 5.74) is 0. The minimum atomic E-state index is -0.414. The van der Waals surface area contributed by atoms with Crippen LogP contribution in [-0.4, -0.2) is 33.3 Å². The number of hydrogen-bond acceptors (Lipinski definition) is 6. The zero-order valence-electron chi connectivity index (χ0n) is 7.04. The van der Waals surface area contributed by atoms with Gasteiger partial charge in [0.25, 0.3) is 0 Å². The molecule has 1 rings (SSSR count). The number of methoxy groups -OCH3 is 1. The van der Waals surface area contributed by atoms with Gasteiger partial charge in [-0.1, -0.05) is 0 Å². The molecule has 1 aromatic heterocycles. The lowest BCUT2D eigenvalue weighted by atomic mass is 10.4. The van der Waals surface area contributed by atoms with Gasteiger partial charge in [0.1, 0.15) is 6.54 Å². The lowest BCUT2D eigenvalue weighted by Gasteiger charge is -2.03. The van der Waals surface area contributed by atoms with Crippen LogP contribution in [0.5, 0.6) is 0 Å². The number of nitrogens with zero attached hydrogens (tertiary/aromatic N) is 4. The summed E-state index contributed by atoms with van der Waals surface area (Å²) >= 11 is 4.05. The van der Waals surface area contributed by atoms with Crippen molar-refractivity contribution in [2.75, 3.05) is 7.11 Å². The quantitative estimate of drug-likeness (QED) is 0.534. The van der Waals surface area contributed by atoms with E-state index in [-0.39, 0.29) is 11.8 Å². The van der Waals surface area contributed by atoms with Crippen molar-refractivity contribution in [3.8, 4) is 0 Å². The smallest absolute Gasteiger partial charge is 0.327 e. The van der Waals surface area contributed by atoms with E-state index in [0.717, 1.165) is 0 Å². The maximum atomic E-state index is 10.9. The van der Waals surface area contributed by atoms with Crippen LogP contribution >= 0.6 is 12.6 Å². The molecule has 0 amide bonds. The van der Waals surface area contributed by atoms with Crippen molar-refractivity contribution >= 4 is 18.6 Å². The third-order valence-electron chi connectivity index (χ3n) is 1.36. The van der Waals surface area contributed by atoms with E-state index in [4.69, 9.17) is 0 Å². The van der Waals surface area contributed by atoms with Crippen LogP contribution in [0.1, 0.15) is 11.1 Å². The van der Waals surface area contributed by atoms with Crippen LogP contribution in [0.3, 0.4) is 0 Å². The normalized spacial score (nSPS) is 12.5. The molecule has 0 aromatic carbocycles. The van der Waals surface area contributed by atoms with Crippen molar-refractivity contribution in [3.63, 3.8) is 0 Å². The predicted molar refractivity (Wildman–Crippen MR) is 46.9 cm³/mol. The first-order chi connectivity index (χ1) is 6.15. The van der Waals surface area contributed by atoms with Crippen LogP contribution in [0.4, 0.5) is 0 Å². The number of carbonyl (C=O) groups is 1. The number of tetrazole rings is 1. The van der Waals surface area contributed by atoms with Gasteiger partial charge in [0.15, 0.2) is 5.82 Å². The Kier molecular flexibility index (Phi) is 3.24. The zero-order valence-corrected chi connectivity index (χ0v) is 7.94. The third-order valence-corrected chi connectivity index (χ3v) is 1.60. The molecule has 1 heterocycles. The molecule has 0 aliphatic carbocycles. The number of aromatic nitrogens is 4. The Bertz CT molecular complexity index is 299. The Hall–Kier alpha value is -1.11. The van der Waals surface area contributed by atoms with Gasteiger partial charge >= 0.3 is 5.97 Å². The predicted octanol–water partition coefficient (Wildman–Crippen LogP) is -0.349. The monoisotopic (exact) mass is 201 g/mol. The van der Waals surface area contributed by atoms with Gasteiger partial charge in [-0.3, -0.25) is 4.79 Å². The highest BCUT2D eigenvalue weighted by atomic mass is 32.1. The van der Waals surface area contributed by atoms with Crippen LogP contribution in [0.15, 0.2) is 0 Å². The number of thiol groups is 1. The first-order valence-electron chi connectivity index (χ1n) is 3.49. The van der Waals surface area contributed by atoms with E-state index in [0.29, 0.717) is 5.82 Å². The van der Waals surface area contributed by atoms with Gasteiger partial charge in [-0.2, -0.15) is 12.6 Å². The van der Waals surface area contributed by atoms with Crippen LogP contribution in [0, 0.1) is 6.92 Å². The second-order valence-electron chi connectivity index (χ2n) is 2.29. The van der Waals surface area contributed by atoms with Crippen molar-refractivity contribution in [2.45, 2.75) is 11.8 Å². The molecule has 1 aromatic rings. The van der Waals surface area contributed by atoms with E-state index in [2.05, 4.69) is 39.8 Å². The van der Waals surface area contributed by atoms with E-state index in [1.165, 1.54) is 11.8 Å². The highest BCUT2D eigenvalue weighted by Crippen LogP contribution is 2.13. The van der Waals surface area contributed by atoms with Crippen LogP contribution in [-0.2, 0) is 16.1 Å². The molecule has 0 aliphatic heterocycles. The fourth-order valence-electron chi connectivity index (χ4n) is 0.750. The summed E-state index contributed by atoms with van der Waals surface area (Å²) < 4.78 is 5.76. The molecule has 1 unspecified atom stereocenters. The first-order valence-corrected chi connectivity index (χ1v) is 4.01. The molecule has 7 heteroatoms. The average Bonchev–Trinajstić information content (AvgIpc) is 2.52. The maximum absolute atomic E-state index is 10.9. The van der Waals surface area contributed by atoms with Gasteiger partial charge < -0.3 is 4.74 Å². The fourth-order valence-corrected chi connectivity index (χ4v) is 0.935. The highest BCUT2D eigenvalue weighted by molar-refractivity contribution is 7.80. The Labute approximate surface area is 80.7 Å². The molecular weight excluding hydrogens is 192 g/mol. The summed E-state index contributed by atoms with van der Waals surface area (Å²) in [6.07, 6.45) is 0. The van der Waals surface area contributed by atoms with Crippen molar-refractivity contribution < 1.29 is 9.53 Å². The van der Waals surface area contributed by atoms with Crippen LogP contribution < -0.4 is 0 Å². The minimum absolute atomic E-state index is 0.0224. The molecular formula is C6H9N4O2S. The molecule has 71 valence electrons. The van der Waals surface area contributed by atoms with E-state index in [9.17, 15) is 4.79 Å². The Morgan fingerprint density at radius 1 is 1.85 bits per heavy atom. The maximum Gasteiger partial charge on any atom is 0.327 e. The molecule has 0 aliphatic rings. The van der Waals surface area contributed by atoms with E-state index in [1.807, 2.05) is 0 Å². The summed E-state index contributed by atoms with van der Waals surface area (Å²) in [5.74, 6) is 0.0243. The second-order valence-corrected chi connectivity index (χ2v) is 2.91. The summed E-state index contributed by atoms with van der Waals surface area (Å²) in [7, 11) is 1.30. The number of hydrogen-bond donors (Lipinski definition) is 1. The van der Waals surface area contributed by atoms with Gasteiger partial charge in [0.2, 0.25) is 0 Å². The van der Waals surface area contributed by atoms with Gasteiger partial charge in [0.05, 0.1) is 12.4 Å². The zero-order chi connectivity index (χ0) is 9.84. The summed E-state index contributed by atoms with van der Waals surface area (Å²) in [6, 6.07) is 0. The van der Waals surface area contributed by atoms with E-state index < -0.39 is 5.97 Å². The van der Waals surface area contributed by atoms with E-state index >= 15 is 0 Å². The second kappa shape index (κ2) is 4.22. The molecule has 0 bridgehead atoms. The van der Waals surface area contributed by atoms with Crippen molar-refractivity contribution in [2.24, 2.45) is 0 Å². The fraction of sp³-hybridized carbons (Fsp3) is 0.500. The largest absolute Gasteiger partial charge is 0.468 e. The third kappa shape index (κ3) is 2.41.